The first-order chi connectivity index (χ1) is 11.8. The van der Waals surface area contributed by atoms with Crippen molar-refractivity contribution in [3.63, 3.8) is 0 Å². The second kappa shape index (κ2) is 7.23. The minimum absolute atomic E-state index is 0.141. The quantitative estimate of drug-likeness (QED) is 0.836. The van der Waals surface area contributed by atoms with Crippen LogP contribution in [-0.2, 0) is 20.5 Å². The summed E-state index contributed by atoms with van der Waals surface area (Å²) in [4.78, 5) is 0. The maximum Gasteiger partial charge on any atom is 0.218 e. The number of morpholine rings is 1. The third-order valence-corrected chi connectivity index (χ3v) is 6.37. The highest BCUT2D eigenvalue weighted by atomic mass is 32.2. The minimum Gasteiger partial charge on any atom is -0.370 e. The largest absolute Gasteiger partial charge is 0.370 e. The number of hydrogen-bond donors (Lipinski definition) is 0. The molecule has 2 atom stereocenters. The first-order valence-electron chi connectivity index (χ1n) is 8.27. The van der Waals surface area contributed by atoms with Crippen LogP contribution in [0.25, 0.3) is 0 Å². The molecule has 1 fully saturated rings. The molecule has 4 nitrogen and oxygen atoms in total. The summed E-state index contributed by atoms with van der Waals surface area (Å²) in [5, 5.41) is 0. The van der Waals surface area contributed by atoms with Crippen molar-refractivity contribution in [3.8, 4) is 0 Å². The standard InChI is InChI=1S/C19H22FNO3S/c1-14-3-7-17(8-4-14)19-11-21(15(2)12-24-19)25(22,23)13-16-5-9-18(20)10-6-16/h3-10,15,19H,11-13H2,1-2H3. The molecule has 2 aromatic rings. The SMILES string of the molecule is Cc1ccc(C2CN(S(=O)(=O)Cc3ccc(F)cc3)C(C)CO2)cc1. The van der Waals surface area contributed by atoms with Gasteiger partial charge in [0.15, 0.2) is 0 Å². The molecule has 0 amide bonds. The fourth-order valence-electron chi connectivity index (χ4n) is 2.98. The van der Waals surface area contributed by atoms with E-state index in [2.05, 4.69) is 0 Å². The average molecular weight is 363 g/mol. The number of nitrogens with zero attached hydrogens (tertiary/aromatic N) is 1. The van der Waals surface area contributed by atoms with Crippen LogP contribution in [0.1, 0.15) is 29.7 Å². The maximum atomic E-state index is 13.0. The molecule has 3 rings (SSSR count). The Kier molecular flexibility index (Phi) is 5.22. The van der Waals surface area contributed by atoms with E-state index in [-0.39, 0.29) is 30.3 Å². The van der Waals surface area contributed by atoms with Gasteiger partial charge in [-0.25, -0.2) is 12.8 Å². The number of ether oxygens (including phenoxy) is 1. The fraction of sp³-hybridized carbons (Fsp3) is 0.368. The second-order valence-electron chi connectivity index (χ2n) is 6.53. The van der Waals surface area contributed by atoms with Crippen LogP contribution in [0.2, 0.25) is 0 Å². The van der Waals surface area contributed by atoms with Crippen molar-refractivity contribution >= 4 is 10.0 Å². The van der Waals surface area contributed by atoms with Crippen LogP contribution >= 0.6 is 0 Å². The number of halogens is 1. The predicted molar refractivity (Wildman–Crippen MR) is 95.1 cm³/mol. The lowest BCUT2D eigenvalue weighted by Crippen LogP contribution is -2.48. The third-order valence-electron chi connectivity index (χ3n) is 4.44. The molecule has 6 heteroatoms. The fourth-order valence-corrected chi connectivity index (χ4v) is 4.73. The Morgan fingerprint density at radius 3 is 2.40 bits per heavy atom. The molecule has 0 bridgehead atoms. The third kappa shape index (κ3) is 4.26. The van der Waals surface area contributed by atoms with Crippen LogP contribution in [0.15, 0.2) is 48.5 Å². The molecule has 2 aromatic carbocycles. The summed E-state index contributed by atoms with van der Waals surface area (Å²) in [7, 11) is -3.52. The Morgan fingerprint density at radius 1 is 1.12 bits per heavy atom. The van der Waals surface area contributed by atoms with Crippen molar-refractivity contribution in [1.82, 2.24) is 4.31 Å². The molecule has 0 aliphatic carbocycles. The summed E-state index contributed by atoms with van der Waals surface area (Å²) in [6, 6.07) is 13.3. The zero-order valence-corrected chi connectivity index (χ0v) is 15.2. The van der Waals surface area contributed by atoms with E-state index in [1.165, 1.54) is 28.6 Å². The molecule has 134 valence electrons. The van der Waals surface area contributed by atoms with Gasteiger partial charge < -0.3 is 4.74 Å². The monoisotopic (exact) mass is 363 g/mol. The lowest BCUT2D eigenvalue weighted by atomic mass is 10.1. The topological polar surface area (TPSA) is 46.6 Å². The molecule has 0 radical (unpaired) electrons. The molecule has 1 saturated heterocycles. The normalized spacial score (nSPS) is 22.0. The van der Waals surface area contributed by atoms with Gasteiger partial charge in [0.1, 0.15) is 5.82 Å². The first kappa shape index (κ1) is 18.0. The van der Waals surface area contributed by atoms with E-state index in [1.807, 2.05) is 38.1 Å². The zero-order chi connectivity index (χ0) is 18.0. The molecule has 1 heterocycles. The van der Waals surface area contributed by atoms with Crippen molar-refractivity contribution in [2.24, 2.45) is 0 Å². The number of sulfonamides is 1. The molecular formula is C19H22FNO3S. The number of hydrogen-bond acceptors (Lipinski definition) is 3. The number of benzene rings is 2. The maximum absolute atomic E-state index is 13.0. The highest BCUT2D eigenvalue weighted by Crippen LogP contribution is 2.28. The van der Waals surface area contributed by atoms with Crippen molar-refractivity contribution < 1.29 is 17.5 Å². The van der Waals surface area contributed by atoms with Gasteiger partial charge in [0.05, 0.1) is 18.5 Å². The molecule has 2 unspecified atom stereocenters. The molecular weight excluding hydrogens is 341 g/mol. The van der Waals surface area contributed by atoms with Crippen molar-refractivity contribution in [2.45, 2.75) is 31.7 Å². The van der Waals surface area contributed by atoms with E-state index >= 15 is 0 Å². The molecule has 25 heavy (non-hydrogen) atoms. The van der Waals surface area contributed by atoms with Crippen LogP contribution in [0, 0.1) is 12.7 Å². The predicted octanol–water partition coefficient (Wildman–Crippen LogP) is 3.43. The molecule has 0 spiro atoms. The van der Waals surface area contributed by atoms with Crippen LogP contribution in [-0.4, -0.2) is 31.9 Å². The summed E-state index contributed by atoms with van der Waals surface area (Å²) in [6.07, 6.45) is -0.278. The van der Waals surface area contributed by atoms with Gasteiger partial charge in [-0.15, -0.1) is 0 Å². The summed E-state index contributed by atoms with van der Waals surface area (Å²) >= 11 is 0. The average Bonchev–Trinajstić information content (AvgIpc) is 2.58. The molecule has 0 saturated carbocycles. The van der Waals surface area contributed by atoms with Gasteiger partial charge in [0, 0.05) is 12.6 Å². The van der Waals surface area contributed by atoms with Gasteiger partial charge in [-0.05, 0) is 37.1 Å². The lowest BCUT2D eigenvalue weighted by Gasteiger charge is -2.37. The summed E-state index contributed by atoms with van der Waals surface area (Å²) < 4.78 is 46.1. The van der Waals surface area contributed by atoms with Gasteiger partial charge in [0.2, 0.25) is 10.0 Å². The van der Waals surface area contributed by atoms with Crippen molar-refractivity contribution in [2.75, 3.05) is 13.2 Å². The van der Waals surface area contributed by atoms with E-state index in [4.69, 9.17) is 4.74 Å². The number of aryl methyl sites for hydroxylation is 1. The Labute approximate surface area is 148 Å². The summed E-state index contributed by atoms with van der Waals surface area (Å²) in [6.45, 7) is 4.48. The van der Waals surface area contributed by atoms with Gasteiger partial charge in [-0.1, -0.05) is 42.0 Å². The van der Waals surface area contributed by atoms with E-state index < -0.39 is 10.0 Å². The van der Waals surface area contributed by atoms with Gasteiger partial charge in [-0.3, -0.25) is 0 Å². The number of rotatable bonds is 4. The first-order valence-corrected chi connectivity index (χ1v) is 9.88. The molecule has 1 aliphatic rings. The van der Waals surface area contributed by atoms with Crippen molar-refractivity contribution in [3.05, 3.63) is 71.0 Å². The molecule has 1 aliphatic heterocycles. The Bertz CT molecular complexity index is 819. The summed E-state index contributed by atoms with van der Waals surface area (Å²) in [5.41, 5.74) is 2.69. The van der Waals surface area contributed by atoms with Gasteiger partial charge >= 0.3 is 0 Å². The van der Waals surface area contributed by atoms with Gasteiger partial charge in [-0.2, -0.15) is 4.31 Å². The highest BCUT2D eigenvalue weighted by molar-refractivity contribution is 7.88. The van der Waals surface area contributed by atoms with Crippen LogP contribution in [0.5, 0.6) is 0 Å². The van der Waals surface area contributed by atoms with Crippen LogP contribution < -0.4 is 0 Å². The summed E-state index contributed by atoms with van der Waals surface area (Å²) in [5.74, 6) is -0.515. The van der Waals surface area contributed by atoms with E-state index in [0.29, 0.717) is 12.2 Å². The Hall–Kier alpha value is -1.76. The van der Waals surface area contributed by atoms with E-state index in [1.54, 1.807) is 0 Å². The van der Waals surface area contributed by atoms with Crippen LogP contribution in [0.4, 0.5) is 4.39 Å². The Balaban J connectivity index is 1.78. The zero-order valence-electron chi connectivity index (χ0n) is 14.4. The van der Waals surface area contributed by atoms with Crippen LogP contribution in [0.3, 0.4) is 0 Å². The van der Waals surface area contributed by atoms with Gasteiger partial charge in [0.25, 0.3) is 0 Å². The second-order valence-corrected chi connectivity index (χ2v) is 8.46. The van der Waals surface area contributed by atoms with E-state index in [9.17, 15) is 12.8 Å². The smallest absolute Gasteiger partial charge is 0.218 e. The molecule has 0 N–H and O–H groups in total. The van der Waals surface area contributed by atoms with E-state index in [0.717, 1.165) is 11.1 Å². The highest BCUT2D eigenvalue weighted by Gasteiger charge is 2.35. The van der Waals surface area contributed by atoms with Crippen molar-refractivity contribution in [1.29, 1.82) is 0 Å². The molecule has 0 aromatic heterocycles. The minimum atomic E-state index is -3.52. The lowest BCUT2D eigenvalue weighted by molar-refractivity contribution is -0.0289. The Morgan fingerprint density at radius 2 is 1.76 bits per heavy atom.